The molecule has 1 N–H and O–H groups in total. The van der Waals surface area contributed by atoms with Gasteiger partial charge in [-0.3, -0.25) is 4.79 Å². The Kier molecular flexibility index (Phi) is 7.97. The third-order valence-corrected chi connectivity index (χ3v) is 6.06. The molecule has 0 saturated heterocycles. The van der Waals surface area contributed by atoms with E-state index in [0.29, 0.717) is 12.2 Å². The number of amides is 1. The second-order valence-electron chi connectivity index (χ2n) is 6.97. The summed E-state index contributed by atoms with van der Waals surface area (Å²) in [7, 11) is 0. The van der Waals surface area contributed by atoms with Crippen LogP contribution < -0.4 is 10.1 Å². The van der Waals surface area contributed by atoms with Gasteiger partial charge in [0.05, 0.1) is 6.61 Å². The predicted octanol–water partition coefficient (Wildman–Crippen LogP) is 6.75. The molecule has 0 aliphatic rings. The Balaban J connectivity index is 1.84. The Bertz CT molecular complexity index is 963. The topological polar surface area (TPSA) is 38.3 Å². The van der Waals surface area contributed by atoms with Crippen molar-refractivity contribution in [3.63, 3.8) is 0 Å². The zero-order valence-corrected chi connectivity index (χ0v) is 18.7. The number of nitrogens with one attached hydrogen (secondary N) is 1. The molecule has 3 nitrogen and oxygen atoms in total. The van der Waals surface area contributed by atoms with Crippen molar-refractivity contribution >= 4 is 23.4 Å². The number of para-hydroxylation sites is 1. The number of anilines is 1. The number of thioether (sulfide) groups is 1. The zero-order valence-electron chi connectivity index (χ0n) is 17.9. The average molecular weight is 420 g/mol. The van der Waals surface area contributed by atoms with Crippen LogP contribution in [0.25, 0.3) is 0 Å². The highest BCUT2D eigenvalue weighted by Crippen LogP contribution is 2.30. The first-order chi connectivity index (χ1) is 14.7. The normalized spacial score (nSPS) is 10.6. The van der Waals surface area contributed by atoms with Crippen LogP contribution in [0.5, 0.6) is 5.75 Å². The molecule has 0 aliphatic carbocycles. The minimum Gasteiger partial charge on any atom is -0.494 e. The van der Waals surface area contributed by atoms with Gasteiger partial charge >= 0.3 is 0 Å². The first kappa shape index (κ1) is 22.0. The summed E-state index contributed by atoms with van der Waals surface area (Å²) in [5, 5.41) is 3.16. The van der Waals surface area contributed by atoms with Crippen LogP contribution in [-0.4, -0.2) is 12.5 Å². The fourth-order valence-corrected chi connectivity index (χ4v) is 4.29. The molecule has 156 valence electrons. The molecule has 0 aliphatic heterocycles. The average Bonchev–Trinajstić information content (AvgIpc) is 2.79. The molecule has 0 bridgehead atoms. The van der Waals surface area contributed by atoms with Gasteiger partial charge in [-0.1, -0.05) is 50.2 Å². The van der Waals surface area contributed by atoms with Crippen LogP contribution >= 0.6 is 11.8 Å². The molecule has 0 unspecified atom stereocenters. The number of hydrogen-bond donors (Lipinski definition) is 1. The fraction of sp³-hybridized carbons (Fsp3) is 0.269. The van der Waals surface area contributed by atoms with Gasteiger partial charge in [-0.2, -0.15) is 0 Å². The van der Waals surface area contributed by atoms with E-state index in [1.165, 1.54) is 4.90 Å². The standard InChI is InChI=1S/C26H29NO2S/c1-4-19-11-10-12-20(5-2)25(19)27-26(28)21-15-16-24(29-6-3)22(17-21)18-30-23-13-8-7-9-14-23/h7-17H,4-6,18H2,1-3H3,(H,27,28). The minimum absolute atomic E-state index is 0.0837. The van der Waals surface area contributed by atoms with E-state index in [-0.39, 0.29) is 5.91 Å². The molecule has 0 atom stereocenters. The van der Waals surface area contributed by atoms with E-state index in [1.807, 2.05) is 43.3 Å². The quantitative estimate of drug-likeness (QED) is 0.390. The van der Waals surface area contributed by atoms with Gasteiger partial charge < -0.3 is 10.1 Å². The van der Waals surface area contributed by atoms with Crippen molar-refractivity contribution in [2.45, 2.75) is 44.3 Å². The highest BCUT2D eigenvalue weighted by molar-refractivity contribution is 7.98. The van der Waals surface area contributed by atoms with E-state index >= 15 is 0 Å². The van der Waals surface area contributed by atoms with Gasteiger partial charge in [0, 0.05) is 27.5 Å². The van der Waals surface area contributed by atoms with Crippen molar-refractivity contribution in [2.24, 2.45) is 0 Å². The maximum absolute atomic E-state index is 13.1. The van der Waals surface area contributed by atoms with Crippen LogP contribution in [0, 0.1) is 0 Å². The summed E-state index contributed by atoms with van der Waals surface area (Å²) in [6, 6.07) is 22.2. The summed E-state index contributed by atoms with van der Waals surface area (Å²) in [5.74, 6) is 1.49. The lowest BCUT2D eigenvalue weighted by Gasteiger charge is -2.16. The summed E-state index contributed by atoms with van der Waals surface area (Å²) in [6.45, 7) is 6.79. The van der Waals surface area contributed by atoms with E-state index in [1.54, 1.807) is 11.8 Å². The molecule has 3 rings (SSSR count). The van der Waals surface area contributed by atoms with E-state index in [9.17, 15) is 4.79 Å². The predicted molar refractivity (Wildman–Crippen MR) is 127 cm³/mol. The zero-order chi connectivity index (χ0) is 21.3. The maximum atomic E-state index is 13.1. The number of benzene rings is 3. The second kappa shape index (κ2) is 10.9. The maximum Gasteiger partial charge on any atom is 0.255 e. The van der Waals surface area contributed by atoms with Crippen LogP contribution in [0.1, 0.15) is 47.8 Å². The number of ether oxygens (including phenoxy) is 1. The van der Waals surface area contributed by atoms with Crippen molar-refractivity contribution in [3.05, 3.63) is 89.0 Å². The third kappa shape index (κ3) is 5.45. The van der Waals surface area contributed by atoms with Crippen LogP contribution in [0.15, 0.2) is 71.6 Å². The smallest absolute Gasteiger partial charge is 0.255 e. The number of aryl methyl sites for hydroxylation is 2. The highest BCUT2D eigenvalue weighted by atomic mass is 32.2. The van der Waals surface area contributed by atoms with E-state index in [2.05, 4.69) is 49.5 Å². The first-order valence-corrected chi connectivity index (χ1v) is 11.5. The van der Waals surface area contributed by atoms with Gasteiger partial charge in [0.25, 0.3) is 5.91 Å². The molecule has 0 heterocycles. The summed E-state index contributed by atoms with van der Waals surface area (Å²) in [5.41, 5.74) is 4.94. The van der Waals surface area contributed by atoms with Crippen molar-refractivity contribution in [3.8, 4) is 5.75 Å². The lowest BCUT2D eigenvalue weighted by atomic mass is 10.0. The molecule has 0 spiro atoms. The summed E-state index contributed by atoms with van der Waals surface area (Å²) >= 11 is 1.74. The SMILES string of the molecule is CCOc1ccc(C(=O)Nc2c(CC)cccc2CC)cc1CSc1ccccc1. The van der Waals surface area contributed by atoms with Gasteiger partial charge in [-0.25, -0.2) is 0 Å². The molecule has 0 radical (unpaired) electrons. The Morgan fingerprint density at radius 2 is 1.57 bits per heavy atom. The Hall–Kier alpha value is -2.72. The van der Waals surface area contributed by atoms with E-state index in [0.717, 1.165) is 46.7 Å². The Morgan fingerprint density at radius 1 is 0.867 bits per heavy atom. The molecular formula is C26H29NO2S. The van der Waals surface area contributed by atoms with Gasteiger partial charge in [-0.05, 0) is 61.2 Å². The molecule has 3 aromatic rings. The summed E-state index contributed by atoms with van der Waals surface area (Å²) < 4.78 is 5.81. The number of carbonyl (C=O) groups is 1. The number of carbonyl (C=O) groups excluding carboxylic acids is 1. The Morgan fingerprint density at radius 3 is 2.20 bits per heavy atom. The first-order valence-electron chi connectivity index (χ1n) is 10.5. The van der Waals surface area contributed by atoms with Crippen LogP contribution in [0.3, 0.4) is 0 Å². The fourth-order valence-electron chi connectivity index (χ4n) is 3.40. The summed E-state index contributed by atoms with van der Waals surface area (Å²) in [6.07, 6.45) is 1.76. The second-order valence-corrected chi connectivity index (χ2v) is 8.02. The van der Waals surface area contributed by atoms with Crippen LogP contribution in [0.2, 0.25) is 0 Å². The van der Waals surface area contributed by atoms with Crippen molar-refractivity contribution in [1.29, 1.82) is 0 Å². The van der Waals surface area contributed by atoms with Crippen molar-refractivity contribution < 1.29 is 9.53 Å². The van der Waals surface area contributed by atoms with Crippen LogP contribution in [-0.2, 0) is 18.6 Å². The molecule has 4 heteroatoms. The van der Waals surface area contributed by atoms with Gasteiger partial charge in [-0.15, -0.1) is 11.8 Å². The van der Waals surface area contributed by atoms with Gasteiger partial charge in [0.1, 0.15) is 5.75 Å². The van der Waals surface area contributed by atoms with Crippen LogP contribution in [0.4, 0.5) is 5.69 Å². The van der Waals surface area contributed by atoms with Gasteiger partial charge in [0.15, 0.2) is 0 Å². The third-order valence-electron chi connectivity index (χ3n) is 5.00. The van der Waals surface area contributed by atoms with Gasteiger partial charge in [0.2, 0.25) is 0 Å². The summed E-state index contributed by atoms with van der Waals surface area (Å²) in [4.78, 5) is 14.3. The molecule has 3 aromatic carbocycles. The molecular weight excluding hydrogens is 390 g/mol. The minimum atomic E-state index is -0.0837. The molecule has 30 heavy (non-hydrogen) atoms. The van der Waals surface area contributed by atoms with Crippen molar-refractivity contribution in [1.82, 2.24) is 0 Å². The number of rotatable bonds is 9. The highest BCUT2D eigenvalue weighted by Gasteiger charge is 2.14. The largest absolute Gasteiger partial charge is 0.494 e. The lowest BCUT2D eigenvalue weighted by Crippen LogP contribution is -2.15. The van der Waals surface area contributed by atoms with E-state index in [4.69, 9.17) is 4.74 Å². The monoisotopic (exact) mass is 419 g/mol. The molecule has 0 aromatic heterocycles. The van der Waals surface area contributed by atoms with Crippen molar-refractivity contribution in [2.75, 3.05) is 11.9 Å². The molecule has 1 amide bonds. The molecule has 0 fully saturated rings. The Labute approximate surface area is 183 Å². The number of hydrogen-bond acceptors (Lipinski definition) is 3. The molecule has 0 saturated carbocycles. The van der Waals surface area contributed by atoms with E-state index < -0.39 is 0 Å². The lowest BCUT2D eigenvalue weighted by molar-refractivity contribution is 0.102.